The molecule has 4 atom stereocenters. The summed E-state index contributed by atoms with van der Waals surface area (Å²) in [7, 11) is 0. The van der Waals surface area contributed by atoms with Crippen molar-refractivity contribution in [3.8, 4) is 0 Å². The Morgan fingerprint density at radius 1 is 0.741 bits per heavy atom. The lowest BCUT2D eigenvalue weighted by atomic mass is 10.0. The third-order valence-electron chi connectivity index (χ3n) is 3.83. The second-order valence-corrected chi connectivity index (χ2v) is 7.74. The van der Waals surface area contributed by atoms with Gasteiger partial charge in [0.15, 0.2) is 0 Å². The van der Waals surface area contributed by atoms with Crippen LogP contribution >= 0.6 is 0 Å². The van der Waals surface area contributed by atoms with E-state index in [0.29, 0.717) is 6.42 Å². The molecule has 0 aliphatic carbocycles. The van der Waals surface area contributed by atoms with Crippen LogP contribution in [0.1, 0.15) is 54.4 Å². The van der Waals surface area contributed by atoms with Gasteiger partial charge in [0.25, 0.3) is 0 Å². The molecule has 0 fully saturated rings. The molecule has 9 nitrogen and oxygen atoms in total. The van der Waals surface area contributed by atoms with Gasteiger partial charge in [0.2, 0.25) is 17.7 Å². The third kappa shape index (κ3) is 9.93. The molecule has 0 saturated carbocycles. The van der Waals surface area contributed by atoms with Crippen LogP contribution in [0.25, 0.3) is 0 Å². The maximum atomic E-state index is 12.5. The number of nitrogens with one attached hydrogen (secondary N) is 3. The van der Waals surface area contributed by atoms with Crippen LogP contribution in [0.3, 0.4) is 0 Å². The van der Waals surface area contributed by atoms with Crippen molar-refractivity contribution in [3.05, 3.63) is 0 Å². The standard InChI is InChI=1S/C18H34N4O5/c1-9(2)7-13(21-15(23)11(5)19)17(25)20-12(6)16(24)22-14(18(26)27)8-10(3)4/h9-14H,7-8,19H2,1-6H3,(H,20,25)(H,21,23)(H,22,24)(H,26,27)/t11-,12+,13+,14+/m1/s1. The maximum absolute atomic E-state index is 12.5. The van der Waals surface area contributed by atoms with E-state index in [1.165, 1.54) is 13.8 Å². The van der Waals surface area contributed by atoms with Crippen molar-refractivity contribution in [2.24, 2.45) is 17.6 Å². The van der Waals surface area contributed by atoms with Crippen molar-refractivity contribution in [1.29, 1.82) is 0 Å². The molecule has 0 aromatic heterocycles. The normalized spacial score (nSPS) is 15.6. The first-order valence-electron chi connectivity index (χ1n) is 9.24. The lowest BCUT2D eigenvalue weighted by Gasteiger charge is -2.24. The zero-order chi connectivity index (χ0) is 21.3. The first kappa shape index (κ1) is 24.8. The number of rotatable bonds is 11. The molecule has 0 heterocycles. The van der Waals surface area contributed by atoms with E-state index >= 15 is 0 Å². The van der Waals surface area contributed by atoms with Gasteiger partial charge in [-0.15, -0.1) is 0 Å². The van der Waals surface area contributed by atoms with Crippen LogP contribution in [-0.2, 0) is 19.2 Å². The molecule has 0 saturated heterocycles. The number of hydrogen-bond donors (Lipinski definition) is 5. The minimum atomic E-state index is -1.13. The summed E-state index contributed by atoms with van der Waals surface area (Å²) in [6.45, 7) is 10.5. The smallest absolute Gasteiger partial charge is 0.326 e. The van der Waals surface area contributed by atoms with Gasteiger partial charge in [0.05, 0.1) is 6.04 Å². The van der Waals surface area contributed by atoms with Crippen LogP contribution in [0.2, 0.25) is 0 Å². The van der Waals surface area contributed by atoms with Crippen molar-refractivity contribution in [3.63, 3.8) is 0 Å². The second kappa shape index (κ2) is 11.5. The van der Waals surface area contributed by atoms with E-state index in [1.54, 1.807) is 0 Å². The van der Waals surface area contributed by atoms with Gasteiger partial charge in [-0.05, 0) is 38.5 Å². The number of carbonyl (C=O) groups is 4. The molecule has 156 valence electrons. The number of hydrogen-bond acceptors (Lipinski definition) is 5. The highest BCUT2D eigenvalue weighted by Crippen LogP contribution is 2.07. The van der Waals surface area contributed by atoms with E-state index < -0.39 is 47.9 Å². The van der Waals surface area contributed by atoms with Gasteiger partial charge in [0, 0.05) is 0 Å². The summed E-state index contributed by atoms with van der Waals surface area (Å²) >= 11 is 0. The van der Waals surface area contributed by atoms with Crippen molar-refractivity contribution in [2.75, 3.05) is 0 Å². The third-order valence-corrected chi connectivity index (χ3v) is 3.83. The topological polar surface area (TPSA) is 151 Å². The van der Waals surface area contributed by atoms with E-state index in [-0.39, 0.29) is 18.3 Å². The Morgan fingerprint density at radius 3 is 1.59 bits per heavy atom. The predicted octanol–water partition coefficient (Wildman–Crippen LogP) is -0.0153. The molecule has 0 unspecified atom stereocenters. The quantitative estimate of drug-likeness (QED) is 0.337. The van der Waals surface area contributed by atoms with Gasteiger partial charge in [-0.2, -0.15) is 0 Å². The van der Waals surface area contributed by atoms with Gasteiger partial charge >= 0.3 is 5.97 Å². The number of carbonyl (C=O) groups excluding carboxylic acids is 3. The first-order chi connectivity index (χ1) is 12.3. The van der Waals surface area contributed by atoms with Crippen molar-refractivity contribution in [2.45, 2.75) is 78.6 Å². The Hall–Kier alpha value is -2.16. The van der Waals surface area contributed by atoms with E-state index in [9.17, 15) is 24.3 Å². The monoisotopic (exact) mass is 386 g/mol. The van der Waals surface area contributed by atoms with E-state index in [4.69, 9.17) is 5.73 Å². The molecule has 0 aromatic carbocycles. The Kier molecular flexibility index (Phi) is 10.6. The van der Waals surface area contributed by atoms with Crippen LogP contribution in [0.5, 0.6) is 0 Å². The van der Waals surface area contributed by atoms with Crippen molar-refractivity contribution < 1.29 is 24.3 Å². The fourth-order valence-corrected chi connectivity index (χ4v) is 2.38. The summed E-state index contributed by atoms with van der Waals surface area (Å²) in [4.78, 5) is 47.8. The van der Waals surface area contributed by atoms with Crippen LogP contribution in [0.4, 0.5) is 0 Å². The molecular weight excluding hydrogens is 352 g/mol. The summed E-state index contributed by atoms with van der Waals surface area (Å²) in [6.07, 6.45) is 0.659. The molecule has 6 N–H and O–H groups in total. The lowest BCUT2D eigenvalue weighted by molar-refractivity contribution is -0.142. The van der Waals surface area contributed by atoms with Crippen LogP contribution in [0.15, 0.2) is 0 Å². The summed E-state index contributed by atoms with van der Waals surface area (Å²) in [6, 6.07) is -3.57. The van der Waals surface area contributed by atoms with E-state index in [1.807, 2.05) is 27.7 Å². The zero-order valence-corrected chi connectivity index (χ0v) is 17.0. The average Bonchev–Trinajstić information content (AvgIpc) is 2.51. The summed E-state index contributed by atoms with van der Waals surface area (Å²) in [5.41, 5.74) is 5.52. The minimum absolute atomic E-state index is 0.0835. The number of carboxylic acids is 1. The average molecular weight is 386 g/mol. The highest BCUT2D eigenvalue weighted by Gasteiger charge is 2.28. The van der Waals surface area contributed by atoms with Gasteiger partial charge in [-0.25, -0.2) is 4.79 Å². The molecule has 0 spiro atoms. The number of amides is 3. The molecule has 27 heavy (non-hydrogen) atoms. The highest BCUT2D eigenvalue weighted by molar-refractivity contribution is 5.93. The van der Waals surface area contributed by atoms with Gasteiger partial charge in [0.1, 0.15) is 18.1 Å². The van der Waals surface area contributed by atoms with Crippen molar-refractivity contribution >= 4 is 23.7 Å². The molecule has 0 aliphatic heterocycles. The van der Waals surface area contributed by atoms with Gasteiger partial charge in [-0.1, -0.05) is 27.7 Å². The van der Waals surface area contributed by atoms with E-state index in [2.05, 4.69) is 16.0 Å². The molecule has 3 amide bonds. The lowest BCUT2D eigenvalue weighted by Crippen LogP contribution is -2.56. The number of carboxylic acid groups (broad SMARTS) is 1. The summed E-state index contributed by atoms with van der Waals surface area (Å²) in [5.74, 6) is -2.50. The Balaban J connectivity index is 4.95. The molecule has 0 rings (SSSR count). The SMILES string of the molecule is CC(C)C[C@H](NC(=O)[C@H](C)NC(=O)[C@H](CC(C)C)NC(=O)[C@@H](C)N)C(=O)O. The Labute approximate surface area is 160 Å². The van der Waals surface area contributed by atoms with Crippen LogP contribution in [0, 0.1) is 11.8 Å². The highest BCUT2D eigenvalue weighted by atomic mass is 16.4. The first-order valence-corrected chi connectivity index (χ1v) is 9.24. The van der Waals surface area contributed by atoms with E-state index in [0.717, 1.165) is 0 Å². The fourth-order valence-electron chi connectivity index (χ4n) is 2.38. The predicted molar refractivity (Wildman–Crippen MR) is 102 cm³/mol. The Bertz CT molecular complexity index is 534. The molecular formula is C18H34N4O5. The van der Waals surface area contributed by atoms with Gasteiger partial charge in [-0.3, -0.25) is 14.4 Å². The molecule has 0 bridgehead atoms. The number of aliphatic carboxylic acids is 1. The largest absolute Gasteiger partial charge is 0.480 e. The summed E-state index contributed by atoms with van der Waals surface area (Å²) < 4.78 is 0. The second-order valence-electron chi connectivity index (χ2n) is 7.74. The fraction of sp³-hybridized carbons (Fsp3) is 0.778. The minimum Gasteiger partial charge on any atom is -0.480 e. The molecule has 9 heteroatoms. The summed E-state index contributed by atoms with van der Waals surface area (Å²) in [5, 5.41) is 16.7. The molecule has 0 aromatic rings. The van der Waals surface area contributed by atoms with Crippen molar-refractivity contribution in [1.82, 2.24) is 16.0 Å². The zero-order valence-electron chi connectivity index (χ0n) is 17.0. The van der Waals surface area contributed by atoms with Gasteiger partial charge < -0.3 is 26.8 Å². The molecule has 0 radical (unpaired) electrons. The Morgan fingerprint density at radius 2 is 1.19 bits per heavy atom. The van der Waals surface area contributed by atoms with Crippen LogP contribution < -0.4 is 21.7 Å². The van der Waals surface area contributed by atoms with Crippen LogP contribution in [-0.4, -0.2) is 53.0 Å². The number of nitrogens with two attached hydrogens (primary N) is 1. The maximum Gasteiger partial charge on any atom is 0.326 e. The molecule has 0 aliphatic rings.